The van der Waals surface area contributed by atoms with Crippen LogP contribution in [0.25, 0.3) is 0 Å². The van der Waals surface area contributed by atoms with E-state index in [9.17, 15) is 9.59 Å². The standard InChI is InChI=1S/C32H40N2O2/c1-6-25-15-17-26(18-16-25)19-20-30(35)34(23-28-14-10-11-24(2)21-28)29(31(36)33-32(3,4)5)22-27-12-8-7-9-13-27/h7-18,21,29H,6,19-20,22-23H2,1-5H3,(H,33,36)/t29-/m0/s1. The number of carbonyl (C=O) groups excluding carboxylic acids is 2. The molecule has 3 rings (SSSR count). The number of benzene rings is 3. The average molecular weight is 485 g/mol. The molecule has 0 radical (unpaired) electrons. The number of hydrogen-bond acceptors (Lipinski definition) is 2. The molecule has 0 aromatic heterocycles. The van der Waals surface area contributed by atoms with E-state index in [2.05, 4.69) is 42.6 Å². The molecule has 0 spiro atoms. The summed E-state index contributed by atoms with van der Waals surface area (Å²) in [5.41, 5.74) is 5.21. The van der Waals surface area contributed by atoms with E-state index in [4.69, 9.17) is 0 Å². The number of nitrogens with zero attached hydrogens (tertiary/aromatic N) is 1. The van der Waals surface area contributed by atoms with Gasteiger partial charge in [-0.05, 0) is 62.8 Å². The number of amides is 2. The Morgan fingerprint density at radius 1 is 0.833 bits per heavy atom. The third-order valence-electron chi connectivity index (χ3n) is 6.26. The number of nitrogens with one attached hydrogen (secondary N) is 1. The van der Waals surface area contributed by atoms with Crippen LogP contribution in [0.15, 0.2) is 78.9 Å². The van der Waals surface area contributed by atoms with E-state index in [-0.39, 0.29) is 11.8 Å². The van der Waals surface area contributed by atoms with Crippen LogP contribution in [0.5, 0.6) is 0 Å². The van der Waals surface area contributed by atoms with Gasteiger partial charge < -0.3 is 10.2 Å². The van der Waals surface area contributed by atoms with Gasteiger partial charge in [0.1, 0.15) is 6.04 Å². The molecule has 1 atom stereocenters. The summed E-state index contributed by atoms with van der Waals surface area (Å²) in [6.45, 7) is 10.5. The topological polar surface area (TPSA) is 49.4 Å². The zero-order valence-electron chi connectivity index (χ0n) is 22.4. The second-order valence-corrected chi connectivity index (χ2v) is 10.6. The Labute approximate surface area is 216 Å². The lowest BCUT2D eigenvalue weighted by Gasteiger charge is -2.34. The molecule has 2 amide bonds. The summed E-state index contributed by atoms with van der Waals surface area (Å²) in [5, 5.41) is 3.13. The predicted molar refractivity (Wildman–Crippen MR) is 148 cm³/mol. The molecule has 0 heterocycles. The first-order valence-corrected chi connectivity index (χ1v) is 12.9. The molecule has 4 nitrogen and oxygen atoms in total. The second-order valence-electron chi connectivity index (χ2n) is 10.6. The minimum Gasteiger partial charge on any atom is -0.350 e. The zero-order chi connectivity index (χ0) is 26.1. The molecule has 0 unspecified atom stereocenters. The monoisotopic (exact) mass is 484 g/mol. The Bertz CT molecular complexity index is 1130. The Balaban J connectivity index is 1.91. The maximum atomic E-state index is 13.8. The predicted octanol–water partition coefficient (Wildman–Crippen LogP) is 6.04. The molecular formula is C32H40N2O2. The lowest BCUT2D eigenvalue weighted by atomic mass is 9.99. The van der Waals surface area contributed by atoms with Crippen LogP contribution < -0.4 is 5.32 Å². The first-order chi connectivity index (χ1) is 17.1. The molecule has 4 heteroatoms. The fourth-order valence-corrected chi connectivity index (χ4v) is 4.35. The van der Waals surface area contributed by atoms with E-state index in [1.54, 1.807) is 4.90 Å². The molecule has 0 aliphatic rings. The minimum atomic E-state index is -0.609. The lowest BCUT2D eigenvalue weighted by molar-refractivity contribution is -0.141. The highest BCUT2D eigenvalue weighted by Crippen LogP contribution is 2.19. The van der Waals surface area contributed by atoms with Crippen LogP contribution in [-0.4, -0.2) is 28.3 Å². The maximum absolute atomic E-state index is 13.8. The summed E-state index contributed by atoms with van der Waals surface area (Å²) in [7, 11) is 0. The zero-order valence-corrected chi connectivity index (χ0v) is 22.4. The summed E-state index contributed by atoms with van der Waals surface area (Å²) >= 11 is 0. The molecule has 0 bridgehead atoms. The van der Waals surface area contributed by atoms with Crippen LogP contribution in [0.4, 0.5) is 0 Å². The molecular weight excluding hydrogens is 444 g/mol. The van der Waals surface area contributed by atoms with Crippen LogP contribution in [-0.2, 0) is 35.4 Å². The molecule has 3 aromatic carbocycles. The molecule has 0 aliphatic carbocycles. The average Bonchev–Trinajstić information content (AvgIpc) is 2.84. The fourth-order valence-electron chi connectivity index (χ4n) is 4.35. The van der Waals surface area contributed by atoms with E-state index in [1.807, 2.05) is 76.2 Å². The van der Waals surface area contributed by atoms with Gasteiger partial charge in [0.15, 0.2) is 0 Å². The van der Waals surface area contributed by atoms with Crippen molar-refractivity contribution in [3.63, 3.8) is 0 Å². The van der Waals surface area contributed by atoms with Crippen LogP contribution >= 0.6 is 0 Å². The Hall–Kier alpha value is -3.40. The lowest BCUT2D eigenvalue weighted by Crippen LogP contribution is -2.54. The molecule has 0 aliphatic heterocycles. The SMILES string of the molecule is CCc1ccc(CCC(=O)N(Cc2cccc(C)c2)[C@@H](Cc2ccccc2)C(=O)NC(C)(C)C)cc1. The summed E-state index contributed by atoms with van der Waals surface area (Å²) in [6, 6.07) is 25.9. The number of aryl methyl sites for hydroxylation is 3. The van der Waals surface area contributed by atoms with E-state index in [0.29, 0.717) is 25.8 Å². The van der Waals surface area contributed by atoms with Gasteiger partial charge in [-0.3, -0.25) is 9.59 Å². The second kappa shape index (κ2) is 12.5. The summed E-state index contributed by atoms with van der Waals surface area (Å²) in [5.74, 6) is -0.138. The van der Waals surface area contributed by atoms with Crippen LogP contribution in [0.2, 0.25) is 0 Å². The van der Waals surface area contributed by atoms with Crippen molar-refractivity contribution >= 4 is 11.8 Å². The van der Waals surface area contributed by atoms with Gasteiger partial charge in [0.2, 0.25) is 11.8 Å². The molecule has 3 aromatic rings. The highest BCUT2D eigenvalue weighted by Gasteiger charge is 2.32. The van der Waals surface area contributed by atoms with E-state index in [0.717, 1.165) is 28.7 Å². The normalized spacial score (nSPS) is 12.1. The fraction of sp³-hybridized carbons (Fsp3) is 0.375. The largest absolute Gasteiger partial charge is 0.350 e. The van der Waals surface area contributed by atoms with Crippen molar-refractivity contribution in [1.82, 2.24) is 10.2 Å². The van der Waals surface area contributed by atoms with Crippen LogP contribution in [0.1, 0.15) is 61.9 Å². The van der Waals surface area contributed by atoms with Gasteiger partial charge in [-0.25, -0.2) is 0 Å². The molecule has 0 saturated heterocycles. The molecule has 190 valence electrons. The van der Waals surface area contributed by atoms with Crippen molar-refractivity contribution in [2.75, 3.05) is 0 Å². The first kappa shape index (κ1) is 27.2. The smallest absolute Gasteiger partial charge is 0.243 e. The van der Waals surface area contributed by atoms with Gasteiger partial charge in [-0.15, -0.1) is 0 Å². The van der Waals surface area contributed by atoms with Gasteiger partial charge in [0, 0.05) is 24.9 Å². The van der Waals surface area contributed by atoms with Gasteiger partial charge in [0.05, 0.1) is 0 Å². The molecule has 0 saturated carbocycles. The van der Waals surface area contributed by atoms with Crippen molar-refractivity contribution in [3.8, 4) is 0 Å². The Kier molecular flexibility index (Phi) is 9.46. The first-order valence-electron chi connectivity index (χ1n) is 12.9. The number of hydrogen-bond donors (Lipinski definition) is 1. The molecule has 0 fully saturated rings. The van der Waals surface area contributed by atoms with E-state index >= 15 is 0 Å². The van der Waals surface area contributed by atoms with Crippen LogP contribution in [0, 0.1) is 6.92 Å². The minimum absolute atomic E-state index is 0.0129. The highest BCUT2D eigenvalue weighted by atomic mass is 16.2. The Morgan fingerprint density at radius 2 is 1.47 bits per heavy atom. The number of carbonyl (C=O) groups is 2. The van der Waals surface area contributed by atoms with Crippen molar-refractivity contribution in [2.45, 2.75) is 78.4 Å². The summed E-state index contributed by atoms with van der Waals surface area (Å²) in [4.78, 5) is 29.2. The summed E-state index contributed by atoms with van der Waals surface area (Å²) in [6.07, 6.45) is 2.45. The third-order valence-corrected chi connectivity index (χ3v) is 6.26. The maximum Gasteiger partial charge on any atom is 0.243 e. The van der Waals surface area contributed by atoms with Crippen molar-refractivity contribution in [1.29, 1.82) is 0 Å². The Morgan fingerprint density at radius 3 is 2.08 bits per heavy atom. The highest BCUT2D eigenvalue weighted by molar-refractivity contribution is 5.88. The van der Waals surface area contributed by atoms with Gasteiger partial charge in [-0.1, -0.05) is 91.3 Å². The summed E-state index contributed by atoms with van der Waals surface area (Å²) < 4.78 is 0. The van der Waals surface area contributed by atoms with E-state index < -0.39 is 11.6 Å². The van der Waals surface area contributed by atoms with Gasteiger partial charge in [-0.2, -0.15) is 0 Å². The van der Waals surface area contributed by atoms with Gasteiger partial charge in [0.25, 0.3) is 0 Å². The molecule has 36 heavy (non-hydrogen) atoms. The number of rotatable bonds is 10. The van der Waals surface area contributed by atoms with E-state index in [1.165, 1.54) is 5.56 Å². The third kappa shape index (κ3) is 8.37. The van der Waals surface area contributed by atoms with Crippen molar-refractivity contribution < 1.29 is 9.59 Å². The van der Waals surface area contributed by atoms with Crippen molar-refractivity contribution in [2.24, 2.45) is 0 Å². The van der Waals surface area contributed by atoms with Gasteiger partial charge >= 0.3 is 0 Å². The quantitative estimate of drug-likeness (QED) is 0.381. The molecule has 1 N–H and O–H groups in total. The van der Waals surface area contributed by atoms with Crippen molar-refractivity contribution in [3.05, 3.63) is 107 Å². The van der Waals surface area contributed by atoms with Crippen LogP contribution in [0.3, 0.4) is 0 Å².